The SMILES string of the molecule is COC(=O)CC(O)C(O)c1ccc2c(c1)OCCCO2. The lowest BCUT2D eigenvalue weighted by Gasteiger charge is -2.18. The zero-order valence-corrected chi connectivity index (χ0v) is 11.2. The third kappa shape index (κ3) is 3.40. The summed E-state index contributed by atoms with van der Waals surface area (Å²) in [6, 6.07) is 4.94. The van der Waals surface area contributed by atoms with Gasteiger partial charge in [-0.25, -0.2) is 0 Å². The van der Waals surface area contributed by atoms with Crippen LogP contribution in [0.15, 0.2) is 18.2 Å². The maximum Gasteiger partial charge on any atom is 0.308 e. The second kappa shape index (κ2) is 6.58. The number of aliphatic hydroxyl groups is 2. The van der Waals surface area contributed by atoms with Gasteiger partial charge in [-0.1, -0.05) is 6.07 Å². The van der Waals surface area contributed by atoms with E-state index in [0.29, 0.717) is 30.3 Å². The molecule has 2 unspecified atom stereocenters. The molecule has 1 aliphatic heterocycles. The molecule has 2 N–H and O–H groups in total. The van der Waals surface area contributed by atoms with Crippen LogP contribution in [0.2, 0.25) is 0 Å². The Balaban J connectivity index is 2.12. The molecule has 0 radical (unpaired) electrons. The number of ether oxygens (including phenoxy) is 3. The van der Waals surface area contributed by atoms with Crippen LogP contribution in [0, 0.1) is 0 Å². The maximum absolute atomic E-state index is 11.1. The third-order valence-electron chi connectivity index (χ3n) is 3.08. The minimum Gasteiger partial charge on any atom is -0.490 e. The number of rotatable bonds is 4. The van der Waals surface area contributed by atoms with Gasteiger partial charge in [0.25, 0.3) is 0 Å². The number of benzene rings is 1. The number of aliphatic hydroxyl groups excluding tert-OH is 2. The fourth-order valence-electron chi connectivity index (χ4n) is 1.95. The van der Waals surface area contributed by atoms with Crippen molar-refractivity contribution in [2.75, 3.05) is 20.3 Å². The van der Waals surface area contributed by atoms with Gasteiger partial charge in [0.1, 0.15) is 6.10 Å². The van der Waals surface area contributed by atoms with E-state index in [1.54, 1.807) is 18.2 Å². The van der Waals surface area contributed by atoms with Gasteiger partial charge in [0, 0.05) is 6.42 Å². The molecule has 0 aliphatic carbocycles. The lowest BCUT2D eigenvalue weighted by molar-refractivity contribution is -0.144. The van der Waals surface area contributed by atoms with E-state index in [4.69, 9.17) is 9.47 Å². The molecule has 6 nitrogen and oxygen atoms in total. The van der Waals surface area contributed by atoms with E-state index in [-0.39, 0.29) is 6.42 Å². The number of carbonyl (C=O) groups is 1. The lowest BCUT2D eigenvalue weighted by atomic mass is 10.0. The van der Waals surface area contributed by atoms with E-state index < -0.39 is 18.2 Å². The molecule has 0 spiro atoms. The van der Waals surface area contributed by atoms with E-state index in [9.17, 15) is 15.0 Å². The Bertz CT molecular complexity index is 473. The molecule has 1 heterocycles. The van der Waals surface area contributed by atoms with Crippen LogP contribution >= 0.6 is 0 Å². The largest absolute Gasteiger partial charge is 0.490 e. The van der Waals surface area contributed by atoms with Gasteiger partial charge in [-0.05, 0) is 17.7 Å². The first-order valence-corrected chi connectivity index (χ1v) is 6.44. The Morgan fingerprint density at radius 2 is 2.00 bits per heavy atom. The summed E-state index contributed by atoms with van der Waals surface area (Å²) in [7, 11) is 1.23. The van der Waals surface area contributed by atoms with Crippen LogP contribution in [0.1, 0.15) is 24.5 Å². The second-order valence-electron chi connectivity index (χ2n) is 4.55. The molecule has 0 saturated heterocycles. The average Bonchev–Trinajstić information content (AvgIpc) is 2.70. The molecule has 110 valence electrons. The second-order valence-corrected chi connectivity index (χ2v) is 4.55. The van der Waals surface area contributed by atoms with Crippen LogP contribution in [0.3, 0.4) is 0 Å². The first-order valence-electron chi connectivity index (χ1n) is 6.44. The zero-order chi connectivity index (χ0) is 14.5. The van der Waals surface area contributed by atoms with Crippen LogP contribution in [-0.4, -0.2) is 42.6 Å². The van der Waals surface area contributed by atoms with E-state index in [0.717, 1.165) is 6.42 Å². The van der Waals surface area contributed by atoms with Crippen molar-refractivity contribution in [2.24, 2.45) is 0 Å². The molecule has 2 atom stereocenters. The summed E-state index contributed by atoms with van der Waals surface area (Å²) in [5.41, 5.74) is 0.464. The highest BCUT2D eigenvalue weighted by Gasteiger charge is 2.23. The van der Waals surface area contributed by atoms with Gasteiger partial charge in [0.15, 0.2) is 11.5 Å². The summed E-state index contributed by atoms with van der Waals surface area (Å²) >= 11 is 0. The van der Waals surface area contributed by atoms with Gasteiger partial charge in [0.05, 0.1) is 32.8 Å². The monoisotopic (exact) mass is 282 g/mol. The summed E-state index contributed by atoms with van der Waals surface area (Å²) in [5, 5.41) is 19.9. The first kappa shape index (κ1) is 14.6. The number of esters is 1. The topological polar surface area (TPSA) is 85.2 Å². The highest BCUT2D eigenvalue weighted by molar-refractivity contribution is 5.69. The minimum atomic E-state index is -1.23. The molecular formula is C14H18O6. The fraction of sp³-hybridized carbons (Fsp3) is 0.500. The van der Waals surface area contributed by atoms with Gasteiger partial charge in [-0.15, -0.1) is 0 Å². The van der Waals surface area contributed by atoms with Crippen molar-refractivity contribution in [3.8, 4) is 11.5 Å². The van der Waals surface area contributed by atoms with E-state index in [1.807, 2.05) is 0 Å². The summed E-state index contributed by atoms with van der Waals surface area (Å²) in [6.45, 7) is 1.12. The van der Waals surface area contributed by atoms with Crippen molar-refractivity contribution >= 4 is 5.97 Å². The van der Waals surface area contributed by atoms with E-state index in [1.165, 1.54) is 7.11 Å². The van der Waals surface area contributed by atoms with E-state index >= 15 is 0 Å². The molecule has 0 amide bonds. The summed E-state index contributed by atoms with van der Waals surface area (Å²) in [5.74, 6) is 0.566. The van der Waals surface area contributed by atoms with Crippen LogP contribution in [0.25, 0.3) is 0 Å². The molecule has 1 aromatic rings. The van der Waals surface area contributed by atoms with Crippen LogP contribution < -0.4 is 9.47 Å². The Labute approximate surface area is 116 Å². The third-order valence-corrected chi connectivity index (χ3v) is 3.08. The van der Waals surface area contributed by atoms with Crippen molar-refractivity contribution in [3.63, 3.8) is 0 Å². The summed E-state index contributed by atoms with van der Waals surface area (Å²) < 4.78 is 15.5. The minimum absolute atomic E-state index is 0.272. The predicted molar refractivity (Wildman–Crippen MR) is 69.6 cm³/mol. The van der Waals surface area contributed by atoms with Crippen LogP contribution in [0.5, 0.6) is 11.5 Å². The quantitative estimate of drug-likeness (QED) is 0.795. The van der Waals surface area contributed by atoms with Gasteiger partial charge in [-0.3, -0.25) is 4.79 Å². The molecule has 1 aromatic carbocycles. The van der Waals surface area contributed by atoms with Crippen molar-refractivity contribution in [3.05, 3.63) is 23.8 Å². The van der Waals surface area contributed by atoms with Crippen molar-refractivity contribution in [1.29, 1.82) is 0 Å². The first-order chi connectivity index (χ1) is 9.61. The zero-order valence-electron chi connectivity index (χ0n) is 11.2. The highest BCUT2D eigenvalue weighted by Crippen LogP contribution is 2.33. The van der Waals surface area contributed by atoms with E-state index in [2.05, 4.69) is 4.74 Å². The smallest absolute Gasteiger partial charge is 0.308 e. The Kier molecular flexibility index (Phi) is 4.81. The summed E-state index contributed by atoms with van der Waals surface area (Å²) in [4.78, 5) is 11.1. The van der Waals surface area contributed by atoms with Gasteiger partial charge >= 0.3 is 5.97 Å². The molecule has 0 fully saturated rings. The predicted octanol–water partition coefficient (Wildman–Crippen LogP) is 0.805. The standard InChI is InChI=1S/C14H18O6/c1-18-13(16)8-10(15)14(17)9-3-4-11-12(7-9)20-6-2-5-19-11/h3-4,7,10,14-15,17H,2,5-6,8H2,1H3. The normalized spacial score (nSPS) is 16.9. The molecule has 1 aliphatic rings. The lowest BCUT2D eigenvalue weighted by Crippen LogP contribution is -2.22. The number of carbonyl (C=O) groups excluding carboxylic acids is 1. The van der Waals surface area contributed by atoms with Crippen molar-refractivity contribution in [2.45, 2.75) is 25.0 Å². The van der Waals surface area contributed by atoms with Crippen LogP contribution in [0.4, 0.5) is 0 Å². The van der Waals surface area contributed by atoms with Crippen molar-refractivity contribution < 1.29 is 29.2 Å². The Morgan fingerprint density at radius 1 is 1.30 bits per heavy atom. The molecule has 20 heavy (non-hydrogen) atoms. The number of hydrogen-bond donors (Lipinski definition) is 2. The molecule has 2 rings (SSSR count). The number of methoxy groups -OCH3 is 1. The molecule has 0 aromatic heterocycles. The Morgan fingerprint density at radius 3 is 2.70 bits per heavy atom. The van der Waals surface area contributed by atoms with Gasteiger partial charge in [0.2, 0.25) is 0 Å². The number of fused-ring (bicyclic) bond motifs is 1. The fourth-order valence-corrected chi connectivity index (χ4v) is 1.95. The van der Waals surface area contributed by atoms with Gasteiger partial charge < -0.3 is 24.4 Å². The molecule has 0 bridgehead atoms. The number of hydrogen-bond acceptors (Lipinski definition) is 6. The highest BCUT2D eigenvalue weighted by atomic mass is 16.5. The Hall–Kier alpha value is -1.79. The maximum atomic E-state index is 11.1. The molecule has 6 heteroatoms. The average molecular weight is 282 g/mol. The summed E-state index contributed by atoms with van der Waals surface area (Å²) in [6.07, 6.45) is -1.90. The van der Waals surface area contributed by atoms with Gasteiger partial charge in [-0.2, -0.15) is 0 Å². The molecular weight excluding hydrogens is 264 g/mol. The molecule has 0 saturated carbocycles. The van der Waals surface area contributed by atoms with Crippen LogP contribution in [-0.2, 0) is 9.53 Å². The van der Waals surface area contributed by atoms with Crippen molar-refractivity contribution in [1.82, 2.24) is 0 Å².